The number of hydrogen-bond donors (Lipinski definition) is 2. The molecule has 0 aromatic carbocycles. The van der Waals surface area contributed by atoms with Gasteiger partial charge in [0.15, 0.2) is 11.4 Å². The van der Waals surface area contributed by atoms with Crippen molar-refractivity contribution in [1.29, 1.82) is 0 Å². The molecule has 4 nitrogen and oxygen atoms in total. The van der Waals surface area contributed by atoms with E-state index in [2.05, 4.69) is 0 Å². The molecule has 20 heavy (non-hydrogen) atoms. The van der Waals surface area contributed by atoms with Gasteiger partial charge in [0, 0.05) is 10.4 Å². The molecule has 1 saturated heterocycles. The summed E-state index contributed by atoms with van der Waals surface area (Å²) in [5.74, 6) is -0.218. The molecule has 5 atom stereocenters. The molecule has 0 amide bonds. The van der Waals surface area contributed by atoms with Gasteiger partial charge in [0.05, 0.1) is 12.7 Å². The fourth-order valence-electron chi connectivity index (χ4n) is 3.67. The third kappa shape index (κ3) is 1.51. The Morgan fingerprint density at radius 2 is 2.15 bits per heavy atom. The first kappa shape index (κ1) is 14.3. The molecule has 3 aliphatic rings. The number of fused-ring (bicyclic) bond motifs is 1. The number of aliphatic hydroxyl groups is 2. The van der Waals surface area contributed by atoms with Crippen molar-refractivity contribution in [1.82, 2.24) is 0 Å². The molecule has 0 unspecified atom stereocenters. The van der Waals surface area contributed by atoms with E-state index < -0.39 is 22.7 Å². The van der Waals surface area contributed by atoms with Crippen LogP contribution in [0, 0.1) is 11.3 Å². The Labute approximate surface area is 123 Å². The summed E-state index contributed by atoms with van der Waals surface area (Å²) in [6.45, 7) is 5.49. The molecule has 0 saturated carbocycles. The molecule has 0 aromatic rings. The minimum Gasteiger partial charge on any atom is -0.393 e. The number of rotatable bonds is 1. The molecule has 5 heteroatoms. The minimum atomic E-state index is -0.970. The van der Waals surface area contributed by atoms with Gasteiger partial charge in [-0.05, 0) is 37.0 Å². The number of allylic oxidation sites excluding steroid dienone is 2. The highest BCUT2D eigenvalue weighted by Crippen LogP contribution is 2.62. The highest BCUT2D eigenvalue weighted by molar-refractivity contribution is 6.32. The minimum absolute atomic E-state index is 0.0756. The zero-order valence-electron chi connectivity index (χ0n) is 11.8. The quantitative estimate of drug-likeness (QED) is 0.721. The van der Waals surface area contributed by atoms with Gasteiger partial charge >= 0.3 is 0 Å². The van der Waals surface area contributed by atoms with Crippen molar-refractivity contribution in [3.63, 3.8) is 0 Å². The Hall–Kier alpha value is -0.680. The van der Waals surface area contributed by atoms with Gasteiger partial charge in [0.2, 0.25) is 0 Å². The standard InChI is InChI=1S/C15H19ClO4/c1-8-11(18)5-10(16)9-4-12(19)15(6-13(8,9)2)14(3,7-17)20-15/h4-5,8,11,17-18H,6-7H2,1-3H3/t8-,11-,13+,14+,15-/m0/s1. The molecule has 2 aliphatic carbocycles. The molecule has 1 fully saturated rings. The molecule has 1 heterocycles. The molecular weight excluding hydrogens is 280 g/mol. The van der Waals surface area contributed by atoms with Crippen LogP contribution in [0.15, 0.2) is 22.8 Å². The van der Waals surface area contributed by atoms with Crippen molar-refractivity contribution in [3.8, 4) is 0 Å². The molecule has 2 N–H and O–H groups in total. The van der Waals surface area contributed by atoms with Crippen LogP contribution in [-0.4, -0.2) is 39.9 Å². The maximum atomic E-state index is 12.4. The van der Waals surface area contributed by atoms with E-state index in [0.29, 0.717) is 11.5 Å². The monoisotopic (exact) mass is 298 g/mol. The molecule has 110 valence electrons. The van der Waals surface area contributed by atoms with Crippen molar-refractivity contribution < 1.29 is 19.7 Å². The van der Waals surface area contributed by atoms with Gasteiger partial charge in [-0.25, -0.2) is 0 Å². The average Bonchev–Trinajstić information content (AvgIpc) is 2.97. The number of aliphatic hydroxyl groups excluding tert-OH is 2. The van der Waals surface area contributed by atoms with Gasteiger partial charge in [0.1, 0.15) is 5.60 Å². The van der Waals surface area contributed by atoms with Crippen LogP contribution < -0.4 is 0 Å². The predicted molar refractivity (Wildman–Crippen MR) is 74.2 cm³/mol. The lowest BCUT2D eigenvalue weighted by molar-refractivity contribution is -0.122. The number of hydrogen-bond acceptors (Lipinski definition) is 4. The third-order valence-electron chi connectivity index (χ3n) is 5.51. The maximum Gasteiger partial charge on any atom is 0.190 e. The molecule has 3 rings (SSSR count). The number of carbonyl (C=O) groups is 1. The number of epoxide rings is 1. The Bertz CT molecular complexity index is 554. The van der Waals surface area contributed by atoms with Crippen molar-refractivity contribution in [2.24, 2.45) is 11.3 Å². The van der Waals surface area contributed by atoms with Crippen molar-refractivity contribution in [2.45, 2.75) is 44.5 Å². The summed E-state index contributed by atoms with van der Waals surface area (Å²) in [5.41, 5.74) is -1.47. The topological polar surface area (TPSA) is 70.1 Å². The lowest BCUT2D eigenvalue weighted by atomic mass is 9.58. The van der Waals surface area contributed by atoms with E-state index in [4.69, 9.17) is 16.3 Å². The van der Waals surface area contributed by atoms with E-state index in [1.807, 2.05) is 13.8 Å². The van der Waals surface area contributed by atoms with E-state index >= 15 is 0 Å². The lowest BCUT2D eigenvalue weighted by Gasteiger charge is -2.46. The first-order chi connectivity index (χ1) is 9.20. The van der Waals surface area contributed by atoms with Crippen molar-refractivity contribution >= 4 is 17.4 Å². The van der Waals surface area contributed by atoms with Gasteiger partial charge in [0.25, 0.3) is 0 Å². The number of carbonyl (C=O) groups excluding carboxylic acids is 1. The van der Waals surface area contributed by atoms with Crippen LogP contribution in [0.4, 0.5) is 0 Å². The first-order valence-electron chi connectivity index (χ1n) is 6.84. The summed E-state index contributed by atoms with van der Waals surface area (Å²) < 4.78 is 5.64. The second kappa shape index (κ2) is 3.95. The highest BCUT2D eigenvalue weighted by atomic mass is 35.5. The normalized spacial score (nSPS) is 50.6. The molecule has 0 radical (unpaired) electrons. The molecule has 0 aromatic heterocycles. The molecule has 0 bridgehead atoms. The summed E-state index contributed by atoms with van der Waals surface area (Å²) in [7, 11) is 0. The largest absolute Gasteiger partial charge is 0.393 e. The molecule has 1 aliphatic heterocycles. The van der Waals surface area contributed by atoms with Gasteiger partial charge in [-0.3, -0.25) is 4.79 Å². The van der Waals surface area contributed by atoms with Crippen LogP contribution in [0.3, 0.4) is 0 Å². The van der Waals surface area contributed by atoms with Gasteiger partial charge in [-0.1, -0.05) is 25.4 Å². The van der Waals surface area contributed by atoms with E-state index in [1.54, 1.807) is 13.0 Å². The fraction of sp³-hybridized carbons (Fsp3) is 0.667. The van der Waals surface area contributed by atoms with Crippen molar-refractivity contribution in [2.75, 3.05) is 6.61 Å². The maximum absolute atomic E-state index is 12.4. The van der Waals surface area contributed by atoms with Crippen LogP contribution in [0.5, 0.6) is 0 Å². The van der Waals surface area contributed by atoms with Gasteiger partial charge in [-0.2, -0.15) is 0 Å². The predicted octanol–water partition coefficient (Wildman–Crippen LogP) is 1.55. The third-order valence-corrected chi connectivity index (χ3v) is 5.84. The fourth-order valence-corrected chi connectivity index (χ4v) is 4.07. The lowest BCUT2D eigenvalue weighted by Crippen LogP contribution is -2.49. The van der Waals surface area contributed by atoms with E-state index in [9.17, 15) is 15.0 Å². The van der Waals surface area contributed by atoms with E-state index in [0.717, 1.165) is 5.57 Å². The van der Waals surface area contributed by atoms with Crippen LogP contribution in [-0.2, 0) is 9.53 Å². The van der Waals surface area contributed by atoms with Crippen molar-refractivity contribution in [3.05, 3.63) is 22.8 Å². The molecule has 1 spiro atoms. The molecular formula is C15H19ClO4. The summed E-state index contributed by atoms with van der Waals surface area (Å²) in [5, 5.41) is 20.0. The Morgan fingerprint density at radius 3 is 2.70 bits per heavy atom. The Kier molecular flexibility index (Phi) is 2.81. The van der Waals surface area contributed by atoms with Crippen LogP contribution in [0.25, 0.3) is 0 Å². The summed E-state index contributed by atoms with van der Waals surface area (Å²) in [6.07, 6.45) is 2.91. The van der Waals surface area contributed by atoms with Crippen LogP contribution in [0.1, 0.15) is 27.2 Å². The Morgan fingerprint density at radius 1 is 1.50 bits per heavy atom. The van der Waals surface area contributed by atoms with E-state index in [1.165, 1.54) is 6.08 Å². The van der Waals surface area contributed by atoms with Gasteiger partial charge in [-0.15, -0.1) is 0 Å². The first-order valence-corrected chi connectivity index (χ1v) is 7.21. The van der Waals surface area contributed by atoms with Crippen LogP contribution in [0.2, 0.25) is 0 Å². The summed E-state index contributed by atoms with van der Waals surface area (Å²) in [4.78, 5) is 12.4. The summed E-state index contributed by atoms with van der Waals surface area (Å²) >= 11 is 6.21. The second-order valence-corrected chi connectivity index (χ2v) is 7.04. The second-order valence-electron chi connectivity index (χ2n) is 6.63. The Balaban J connectivity index is 2.10. The zero-order chi connectivity index (χ0) is 14.9. The van der Waals surface area contributed by atoms with Crippen LogP contribution >= 0.6 is 11.6 Å². The number of ether oxygens (including phenoxy) is 1. The van der Waals surface area contributed by atoms with Gasteiger partial charge < -0.3 is 14.9 Å². The number of ketones is 1. The zero-order valence-corrected chi connectivity index (χ0v) is 12.6. The SMILES string of the molecule is C[C@H]1[C@@H](O)C=C(Cl)C2=CC(=O)[C@]3(C[C@@]21C)O[C@]3(C)CO. The average molecular weight is 299 g/mol. The summed E-state index contributed by atoms with van der Waals surface area (Å²) in [6, 6.07) is 0. The van der Waals surface area contributed by atoms with E-state index in [-0.39, 0.29) is 18.3 Å². The highest BCUT2D eigenvalue weighted by Gasteiger charge is 2.74. The smallest absolute Gasteiger partial charge is 0.190 e. The number of halogens is 1.